The quantitative estimate of drug-likeness (QED) is 0.240. The van der Waals surface area contributed by atoms with E-state index in [-0.39, 0.29) is 11.6 Å². The Labute approximate surface area is 259 Å². The maximum atomic E-state index is 12.2. The van der Waals surface area contributed by atoms with Gasteiger partial charge in [0.05, 0.1) is 5.41 Å². The molecule has 3 atom stereocenters. The minimum atomic E-state index is -0.391. The molecular formula is C40H50O3. The zero-order valence-electron chi connectivity index (χ0n) is 27.4. The van der Waals surface area contributed by atoms with Crippen LogP contribution in [0.2, 0.25) is 0 Å². The number of rotatable bonds is 5. The highest BCUT2D eigenvalue weighted by molar-refractivity contribution is 5.92. The van der Waals surface area contributed by atoms with Crippen LogP contribution >= 0.6 is 0 Å². The summed E-state index contributed by atoms with van der Waals surface area (Å²) < 4.78 is 5.80. The smallest absolute Gasteiger partial charge is 0.312 e. The van der Waals surface area contributed by atoms with Gasteiger partial charge < -0.3 is 9.84 Å². The predicted octanol–water partition coefficient (Wildman–Crippen LogP) is 10.5. The first-order chi connectivity index (χ1) is 20.4. The second kappa shape index (κ2) is 13.4. The van der Waals surface area contributed by atoms with Crippen molar-refractivity contribution in [1.82, 2.24) is 0 Å². The zero-order valence-corrected chi connectivity index (χ0v) is 27.4. The number of hydrogen-bond acceptors (Lipinski definition) is 3. The number of esters is 1. The molecular weight excluding hydrogens is 528 g/mol. The van der Waals surface area contributed by atoms with E-state index in [1.807, 2.05) is 52.0 Å². The number of phenolic OH excluding ortho intramolecular Hbond substituents is 1. The van der Waals surface area contributed by atoms with Crippen LogP contribution in [0.4, 0.5) is 0 Å². The Bertz CT molecular complexity index is 1460. The first kappa shape index (κ1) is 32.3. The number of benzene rings is 4. The van der Waals surface area contributed by atoms with Crippen molar-refractivity contribution >= 4 is 16.7 Å². The Morgan fingerprint density at radius 2 is 1.37 bits per heavy atom. The number of fused-ring (bicyclic) bond motifs is 1. The summed E-state index contributed by atoms with van der Waals surface area (Å²) in [4.78, 5) is 12.2. The minimum absolute atomic E-state index is 0.0830. The van der Waals surface area contributed by atoms with E-state index < -0.39 is 5.41 Å². The molecule has 3 heteroatoms. The summed E-state index contributed by atoms with van der Waals surface area (Å²) in [5, 5.41) is 11.9. The maximum Gasteiger partial charge on any atom is 0.312 e. The Morgan fingerprint density at radius 3 is 1.84 bits per heavy atom. The van der Waals surface area contributed by atoms with Crippen molar-refractivity contribution in [2.75, 3.05) is 0 Å². The topological polar surface area (TPSA) is 46.5 Å². The SMILES string of the molecule is CC1c2cccc3cccc(c23)C1C.CCC(C)(C)C(=O)OC1(C)Cc2ccccc2C1.CCC(C)c1ccc(O)cc1. The number of ether oxygens (including phenoxy) is 1. The second-order valence-electron chi connectivity index (χ2n) is 13.5. The Balaban J connectivity index is 0.000000152. The second-order valence-corrected chi connectivity index (χ2v) is 13.5. The van der Waals surface area contributed by atoms with Gasteiger partial charge in [-0.3, -0.25) is 4.79 Å². The number of carbonyl (C=O) groups excluding carboxylic acids is 1. The summed E-state index contributed by atoms with van der Waals surface area (Å²) in [6.45, 7) is 17.0. The van der Waals surface area contributed by atoms with Gasteiger partial charge in [-0.15, -0.1) is 0 Å². The van der Waals surface area contributed by atoms with Gasteiger partial charge in [0.25, 0.3) is 0 Å². The maximum absolute atomic E-state index is 12.2. The van der Waals surface area contributed by atoms with Crippen LogP contribution in [0.25, 0.3) is 10.8 Å². The van der Waals surface area contributed by atoms with Crippen LogP contribution in [-0.4, -0.2) is 16.7 Å². The molecule has 2 aliphatic rings. The van der Waals surface area contributed by atoms with Gasteiger partial charge in [0.2, 0.25) is 0 Å². The summed E-state index contributed by atoms with van der Waals surface area (Å²) in [5.41, 5.74) is 6.22. The van der Waals surface area contributed by atoms with Crippen LogP contribution in [0.3, 0.4) is 0 Å². The van der Waals surface area contributed by atoms with E-state index in [9.17, 15) is 4.79 Å². The van der Waals surface area contributed by atoms with E-state index in [1.165, 1.54) is 38.6 Å². The highest BCUT2D eigenvalue weighted by Gasteiger charge is 2.39. The standard InChI is InChI=1S/C16H22O2.C14H14.C10H14O/c1-5-15(2,3)14(17)18-16(4)10-12-8-6-7-9-13(12)11-16;1-9-10(2)13-8-4-6-11-5-3-7-12(9)14(11)13;1-3-8(2)9-4-6-10(11)7-5-9/h6-9H,5,10-11H2,1-4H3;3-10H,1-2H3;4-8,11H,3H2,1-2H3. The first-order valence-electron chi connectivity index (χ1n) is 16.0. The van der Waals surface area contributed by atoms with Crippen molar-refractivity contribution < 1.29 is 14.6 Å². The molecule has 4 aromatic carbocycles. The van der Waals surface area contributed by atoms with Crippen molar-refractivity contribution in [3.05, 3.63) is 113 Å². The molecule has 3 nitrogen and oxygen atoms in total. The molecule has 0 fully saturated rings. The van der Waals surface area contributed by atoms with E-state index in [0.717, 1.165) is 25.7 Å². The fourth-order valence-corrected chi connectivity index (χ4v) is 6.09. The average molecular weight is 579 g/mol. The van der Waals surface area contributed by atoms with Gasteiger partial charge in [0.1, 0.15) is 11.4 Å². The van der Waals surface area contributed by atoms with Gasteiger partial charge in [-0.25, -0.2) is 0 Å². The number of aromatic hydroxyl groups is 1. The van der Waals surface area contributed by atoms with E-state index in [1.54, 1.807) is 12.1 Å². The third-order valence-corrected chi connectivity index (χ3v) is 9.80. The van der Waals surface area contributed by atoms with Crippen LogP contribution in [0, 0.1) is 5.41 Å². The molecule has 4 aromatic rings. The molecule has 0 spiro atoms. The van der Waals surface area contributed by atoms with E-state index in [2.05, 4.69) is 76.2 Å². The molecule has 6 rings (SSSR count). The Morgan fingerprint density at radius 1 is 0.860 bits per heavy atom. The number of phenols is 1. The molecule has 43 heavy (non-hydrogen) atoms. The third-order valence-electron chi connectivity index (χ3n) is 9.80. The molecule has 0 radical (unpaired) electrons. The first-order valence-corrected chi connectivity index (χ1v) is 16.0. The van der Waals surface area contributed by atoms with Crippen LogP contribution in [0.15, 0.2) is 84.9 Å². The largest absolute Gasteiger partial charge is 0.508 e. The fourth-order valence-electron chi connectivity index (χ4n) is 6.09. The van der Waals surface area contributed by atoms with Gasteiger partial charge in [-0.05, 0) is 102 Å². The highest BCUT2D eigenvalue weighted by Crippen LogP contribution is 2.45. The molecule has 0 aromatic heterocycles. The molecule has 0 amide bonds. The van der Waals surface area contributed by atoms with Crippen LogP contribution in [-0.2, 0) is 22.4 Å². The Kier molecular flexibility index (Phi) is 10.1. The number of carbonyl (C=O) groups is 1. The van der Waals surface area contributed by atoms with Crippen LogP contribution in [0.5, 0.6) is 5.75 Å². The highest BCUT2D eigenvalue weighted by atomic mass is 16.6. The normalized spacial score (nSPS) is 18.5. The molecule has 0 aliphatic heterocycles. The summed E-state index contributed by atoms with van der Waals surface area (Å²) >= 11 is 0. The Hall–Kier alpha value is -3.59. The van der Waals surface area contributed by atoms with Crippen molar-refractivity contribution in [2.45, 2.75) is 104 Å². The van der Waals surface area contributed by atoms with Crippen LogP contribution < -0.4 is 0 Å². The van der Waals surface area contributed by atoms with Crippen molar-refractivity contribution in [3.63, 3.8) is 0 Å². The van der Waals surface area contributed by atoms with Crippen molar-refractivity contribution in [1.29, 1.82) is 0 Å². The summed E-state index contributed by atoms with van der Waals surface area (Å²) in [6.07, 6.45) is 3.60. The average Bonchev–Trinajstić information content (AvgIpc) is 3.47. The third kappa shape index (κ3) is 7.32. The van der Waals surface area contributed by atoms with E-state index in [0.29, 0.717) is 23.5 Å². The monoisotopic (exact) mass is 578 g/mol. The molecule has 2 aliphatic carbocycles. The van der Waals surface area contributed by atoms with E-state index in [4.69, 9.17) is 9.84 Å². The predicted molar refractivity (Wildman–Crippen MR) is 180 cm³/mol. The lowest BCUT2D eigenvalue weighted by Crippen LogP contribution is -2.38. The molecule has 1 N–H and O–H groups in total. The molecule has 228 valence electrons. The van der Waals surface area contributed by atoms with Gasteiger partial charge in [-0.1, -0.05) is 107 Å². The lowest BCUT2D eigenvalue weighted by atomic mass is 9.90. The molecule has 0 bridgehead atoms. The molecule has 3 unspecified atom stereocenters. The summed E-state index contributed by atoms with van der Waals surface area (Å²) in [5.74, 6) is 2.21. The van der Waals surface area contributed by atoms with Gasteiger partial charge >= 0.3 is 5.97 Å². The lowest BCUT2D eigenvalue weighted by molar-refractivity contribution is -0.168. The summed E-state index contributed by atoms with van der Waals surface area (Å²) in [6, 6.07) is 29.1. The lowest BCUT2D eigenvalue weighted by Gasteiger charge is -2.30. The summed E-state index contributed by atoms with van der Waals surface area (Å²) in [7, 11) is 0. The van der Waals surface area contributed by atoms with Gasteiger partial charge in [0, 0.05) is 12.8 Å². The van der Waals surface area contributed by atoms with Crippen molar-refractivity contribution in [2.24, 2.45) is 5.41 Å². The minimum Gasteiger partial charge on any atom is -0.508 e. The fraction of sp³-hybridized carbons (Fsp3) is 0.425. The van der Waals surface area contributed by atoms with Crippen molar-refractivity contribution in [3.8, 4) is 5.75 Å². The molecule has 0 saturated heterocycles. The van der Waals surface area contributed by atoms with E-state index >= 15 is 0 Å². The zero-order chi connectivity index (χ0) is 31.4. The number of hydrogen-bond donors (Lipinski definition) is 1. The van der Waals surface area contributed by atoms with Crippen LogP contribution in [0.1, 0.15) is 114 Å². The van der Waals surface area contributed by atoms with Gasteiger partial charge in [0.15, 0.2) is 0 Å². The molecule has 0 saturated carbocycles. The molecule has 0 heterocycles. The van der Waals surface area contributed by atoms with Gasteiger partial charge in [-0.2, -0.15) is 0 Å².